The number of rotatable bonds is 4. The Balaban J connectivity index is 3.48. The Morgan fingerprint density at radius 3 is 2.50 bits per heavy atom. The van der Waals surface area contributed by atoms with Crippen molar-refractivity contribution in [2.45, 2.75) is 32.1 Å². The van der Waals surface area contributed by atoms with E-state index >= 15 is 0 Å². The average Bonchev–Trinajstić information content (AvgIpc) is 2.69. The smallest absolute Gasteiger partial charge is 0.354 e. The van der Waals surface area contributed by atoms with Gasteiger partial charge in [-0.15, -0.1) is 0 Å². The van der Waals surface area contributed by atoms with Crippen LogP contribution in [-0.2, 0) is 17.2 Å². The molecule has 0 atom stereocenters. The standard InChI is InChI=1S/C13H17BrN2O2/c1-5-13(6-2,8-15)11-9(14)7-10(16(11)3)12(17)18-4/h7H,5-6H2,1-4H3. The third-order valence-corrected chi connectivity index (χ3v) is 4.06. The molecular weight excluding hydrogens is 296 g/mol. The lowest BCUT2D eigenvalue weighted by molar-refractivity contribution is 0.0589. The fraction of sp³-hybridized carbons (Fsp3) is 0.538. The summed E-state index contributed by atoms with van der Waals surface area (Å²) in [6, 6.07) is 4.09. The molecule has 0 bridgehead atoms. The molecule has 0 unspecified atom stereocenters. The number of nitriles is 1. The molecule has 0 radical (unpaired) electrons. The lowest BCUT2D eigenvalue weighted by atomic mass is 9.81. The molecule has 0 fully saturated rings. The van der Waals surface area contributed by atoms with Gasteiger partial charge in [0.15, 0.2) is 0 Å². The highest BCUT2D eigenvalue weighted by Gasteiger charge is 2.35. The van der Waals surface area contributed by atoms with Gasteiger partial charge in [-0.25, -0.2) is 4.79 Å². The topological polar surface area (TPSA) is 55.0 Å². The van der Waals surface area contributed by atoms with Crippen molar-refractivity contribution in [3.8, 4) is 6.07 Å². The van der Waals surface area contributed by atoms with Gasteiger partial charge in [0, 0.05) is 11.5 Å². The number of nitrogens with zero attached hydrogens (tertiary/aromatic N) is 2. The van der Waals surface area contributed by atoms with Crippen LogP contribution in [0.15, 0.2) is 10.5 Å². The van der Waals surface area contributed by atoms with Crippen LogP contribution < -0.4 is 0 Å². The second-order valence-electron chi connectivity index (χ2n) is 4.18. The minimum atomic E-state index is -0.583. The number of esters is 1. The summed E-state index contributed by atoms with van der Waals surface area (Å²) in [7, 11) is 3.13. The number of halogens is 1. The summed E-state index contributed by atoms with van der Waals surface area (Å²) in [5.41, 5.74) is 0.691. The highest BCUT2D eigenvalue weighted by atomic mass is 79.9. The van der Waals surface area contributed by atoms with Crippen molar-refractivity contribution in [3.63, 3.8) is 0 Å². The number of carbonyl (C=O) groups excluding carboxylic acids is 1. The maximum atomic E-state index is 11.6. The zero-order chi connectivity index (χ0) is 13.9. The van der Waals surface area contributed by atoms with Crippen molar-refractivity contribution in [1.29, 1.82) is 5.26 Å². The van der Waals surface area contributed by atoms with Crippen molar-refractivity contribution in [1.82, 2.24) is 4.57 Å². The molecule has 1 heterocycles. The van der Waals surface area contributed by atoms with Crippen molar-refractivity contribution in [2.75, 3.05) is 7.11 Å². The maximum Gasteiger partial charge on any atom is 0.354 e. The predicted octanol–water partition coefficient (Wildman–Crippen LogP) is 3.16. The predicted molar refractivity (Wildman–Crippen MR) is 72.3 cm³/mol. The highest BCUT2D eigenvalue weighted by Crippen LogP contribution is 2.37. The van der Waals surface area contributed by atoms with Crippen molar-refractivity contribution < 1.29 is 9.53 Å². The minimum Gasteiger partial charge on any atom is -0.464 e. The molecule has 0 amide bonds. The van der Waals surface area contributed by atoms with Crippen LogP contribution in [0.5, 0.6) is 0 Å². The molecular formula is C13H17BrN2O2. The Morgan fingerprint density at radius 1 is 1.56 bits per heavy atom. The van der Waals surface area contributed by atoms with E-state index in [2.05, 4.69) is 22.0 Å². The molecule has 0 aromatic carbocycles. The van der Waals surface area contributed by atoms with Gasteiger partial charge in [-0.05, 0) is 34.8 Å². The van der Waals surface area contributed by atoms with E-state index in [1.165, 1.54) is 7.11 Å². The lowest BCUT2D eigenvalue weighted by Gasteiger charge is -2.25. The van der Waals surface area contributed by atoms with Gasteiger partial charge < -0.3 is 9.30 Å². The van der Waals surface area contributed by atoms with E-state index in [9.17, 15) is 10.1 Å². The van der Waals surface area contributed by atoms with Gasteiger partial charge >= 0.3 is 5.97 Å². The first kappa shape index (κ1) is 14.8. The number of aromatic nitrogens is 1. The summed E-state index contributed by atoms with van der Waals surface area (Å²) in [5, 5.41) is 9.48. The van der Waals surface area contributed by atoms with Gasteiger partial charge in [0.1, 0.15) is 5.69 Å². The van der Waals surface area contributed by atoms with Crippen LogP contribution in [0.25, 0.3) is 0 Å². The Labute approximate surface area is 116 Å². The second kappa shape index (κ2) is 5.57. The van der Waals surface area contributed by atoms with Gasteiger partial charge in [-0.2, -0.15) is 5.26 Å². The van der Waals surface area contributed by atoms with Crippen LogP contribution in [0.4, 0.5) is 0 Å². The molecule has 0 spiro atoms. The first-order chi connectivity index (χ1) is 8.47. The van der Waals surface area contributed by atoms with Crippen LogP contribution in [0.2, 0.25) is 0 Å². The number of hydrogen-bond acceptors (Lipinski definition) is 3. The minimum absolute atomic E-state index is 0.400. The summed E-state index contributed by atoms with van der Waals surface area (Å²) in [6.07, 6.45) is 1.38. The second-order valence-corrected chi connectivity index (χ2v) is 5.03. The Bertz CT molecular complexity index is 496. The van der Waals surface area contributed by atoms with E-state index in [4.69, 9.17) is 4.74 Å². The molecule has 0 saturated heterocycles. The van der Waals surface area contributed by atoms with Crippen LogP contribution in [0.1, 0.15) is 42.9 Å². The van der Waals surface area contributed by atoms with Crippen molar-refractivity contribution in [2.24, 2.45) is 7.05 Å². The molecule has 4 nitrogen and oxygen atoms in total. The first-order valence-corrected chi connectivity index (χ1v) is 6.62. The van der Waals surface area contributed by atoms with Gasteiger partial charge in [0.25, 0.3) is 0 Å². The zero-order valence-electron chi connectivity index (χ0n) is 11.1. The summed E-state index contributed by atoms with van der Waals surface area (Å²) >= 11 is 3.44. The fourth-order valence-electron chi connectivity index (χ4n) is 2.21. The SMILES string of the molecule is CCC(C#N)(CC)c1c(Br)cc(C(=O)OC)n1C. The normalized spacial score (nSPS) is 11.1. The van der Waals surface area contributed by atoms with Gasteiger partial charge in [0.05, 0.1) is 24.3 Å². The molecule has 98 valence electrons. The van der Waals surface area contributed by atoms with E-state index in [-0.39, 0.29) is 0 Å². The Hall–Kier alpha value is -1.28. The monoisotopic (exact) mass is 312 g/mol. The molecule has 1 aromatic heterocycles. The molecule has 5 heteroatoms. The lowest BCUT2D eigenvalue weighted by Crippen LogP contribution is -2.26. The van der Waals surface area contributed by atoms with Gasteiger partial charge in [0.2, 0.25) is 0 Å². The van der Waals surface area contributed by atoms with Crippen LogP contribution in [0, 0.1) is 11.3 Å². The molecule has 1 aromatic rings. The third kappa shape index (κ3) is 2.17. The third-order valence-electron chi connectivity index (χ3n) is 3.46. The largest absolute Gasteiger partial charge is 0.464 e. The Kier molecular flexibility index (Phi) is 4.58. The average molecular weight is 313 g/mol. The van der Waals surface area contributed by atoms with Crippen molar-refractivity contribution in [3.05, 3.63) is 21.9 Å². The molecule has 0 aliphatic rings. The van der Waals surface area contributed by atoms with Crippen LogP contribution in [0.3, 0.4) is 0 Å². The molecule has 0 aliphatic heterocycles. The van der Waals surface area contributed by atoms with Gasteiger partial charge in [-0.3, -0.25) is 0 Å². The number of hydrogen-bond donors (Lipinski definition) is 0. The van der Waals surface area contributed by atoms with E-state index in [0.29, 0.717) is 18.5 Å². The maximum absolute atomic E-state index is 11.6. The van der Waals surface area contributed by atoms with Gasteiger partial charge in [-0.1, -0.05) is 13.8 Å². The van der Waals surface area contributed by atoms with Crippen LogP contribution >= 0.6 is 15.9 Å². The zero-order valence-corrected chi connectivity index (χ0v) is 12.7. The summed E-state index contributed by atoms with van der Waals surface area (Å²) in [4.78, 5) is 11.6. The molecule has 1 rings (SSSR count). The number of ether oxygens (including phenoxy) is 1. The number of carbonyl (C=O) groups is 1. The summed E-state index contributed by atoms with van der Waals surface area (Å²) < 4.78 is 7.25. The summed E-state index contributed by atoms with van der Waals surface area (Å²) in [6.45, 7) is 3.95. The molecule has 0 N–H and O–H groups in total. The van der Waals surface area contributed by atoms with Crippen LogP contribution in [-0.4, -0.2) is 17.6 Å². The fourth-order valence-corrected chi connectivity index (χ4v) is 3.07. The quantitative estimate of drug-likeness (QED) is 0.802. The first-order valence-electron chi connectivity index (χ1n) is 5.82. The van der Waals surface area contributed by atoms with E-state index in [1.807, 2.05) is 13.8 Å². The summed E-state index contributed by atoms with van der Waals surface area (Å²) in [5.74, 6) is -0.400. The van der Waals surface area contributed by atoms with E-state index < -0.39 is 11.4 Å². The van der Waals surface area contributed by atoms with E-state index in [1.54, 1.807) is 17.7 Å². The molecule has 18 heavy (non-hydrogen) atoms. The van der Waals surface area contributed by atoms with Crippen molar-refractivity contribution >= 4 is 21.9 Å². The Morgan fingerprint density at radius 2 is 2.11 bits per heavy atom. The highest BCUT2D eigenvalue weighted by molar-refractivity contribution is 9.10. The van der Waals surface area contributed by atoms with E-state index in [0.717, 1.165) is 10.2 Å². The number of methoxy groups -OCH3 is 1. The molecule has 0 aliphatic carbocycles. The molecule has 0 saturated carbocycles.